The predicted molar refractivity (Wildman–Crippen MR) is 84.9 cm³/mol. The van der Waals surface area contributed by atoms with Crippen molar-refractivity contribution in [1.29, 1.82) is 0 Å². The molecule has 2 rings (SSSR count). The molecule has 0 saturated heterocycles. The van der Waals surface area contributed by atoms with Crippen LogP contribution in [0.15, 0.2) is 53.4 Å². The molecule has 0 aliphatic heterocycles. The number of nitrogens with two attached hydrogens (primary N) is 1. The van der Waals surface area contributed by atoms with Crippen LogP contribution in [0, 0.1) is 6.92 Å². The smallest absolute Gasteiger partial charge is 0.234 e. The van der Waals surface area contributed by atoms with Crippen LogP contribution in [-0.2, 0) is 11.3 Å². The third-order valence-corrected chi connectivity index (χ3v) is 3.80. The highest BCUT2D eigenvalue weighted by molar-refractivity contribution is 8.00. The molecule has 0 unspecified atom stereocenters. The molecule has 0 aromatic heterocycles. The number of thioether (sulfide) groups is 1. The number of anilines is 1. The van der Waals surface area contributed by atoms with Gasteiger partial charge in [0.05, 0.1) is 5.75 Å². The Morgan fingerprint density at radius 1 is 1.20 bits per heavy atom. The Morgan fingerprint density at radius 3 is 2.75 bits per heavy atom. The van der Waals surface area contributed by atoms with E-state index in [0.717, 1.165) is 21.7 Å². The predicted octanol–water partition coefficient (Wildman–Crippen LogP) is 3.18. The third-order valence-electron chi connectivity index (χ3n) is 2.81. The minimum Gasteiger partial charge on any atom is -0.326 e. The van der Waals surface area contributed by atoms with E-state index in [1.54, 1.807) is 0 Å². The number of rotatable bonds is 5. The first kappa shape index (κ1) is 14.6. The highest BCUT2D eigenvalue weighted by atomic mass is 32.2. The third kappa shape index (κ3) is 4.40. The normalized spacial score (nSPS) is 10.3. The average molecular weight is 286 g/mol. The first-order chi connectivity index (χ1) is 9.67. The van der Waals surface area contributed by atoms with E-state index < -0.39 is 0 Å². The summed E-state index contributed by atoms with van der Waals surface area (Å²) in [7, 11) is 0. The summed E-state index contributed by atoms with van der Waals surface area (Å²) in [5.41, 5.74) is 8.65. The molecule has 0 spiro atoms. The molecule has 2 aromatic carbocycles. The molecule has 0 atom stereocenters. The van der Waals surface area contributed by atoms with Gasteiger partial charge in [-0.1, -0.05) is 24.3 Å². The summed E-state index contributed by atoms with van der Waals surface area (Å²) in [6.45, 7) is 2.52. The maximum atomic E-state index is 11.9. The minimum atomic E-state index is -0.00116. The van der Waals surface area contributed by atoms with Gasteiger partial charge >= 0.3 is 0 Å². The molecule has 3 nitrogen and oxygen atoms in total. The Labute approximate surface area is 123 Å². The Morgan fingerprint density at radius 2 is 2.00 bits per heavy atom. The van der Waals surface area contributed by atoms with E-state index in [0.29, 0.717) is 12.3 Å². The molecule has 0 saturated carbocycles. The van der Waals surface area contributed by atoms with Crippen LogP contribution in [0.1, 0.15) is 11.1 Å². The van der Waals surface area contributed by atoms with Gasteiger partial charge in [0.1, 0.15) is 0 Å². The fraction of sp³-hybridized carbons (Fsp3) is 0.188. The van der Waals surface area contributed by atoms with E-state index in [4.69, 9.17) is 5.73 Å². The highest BCUT2D eigenvalue weighted by Crippen LogP contribution is 2.19. The van der Waals surface area contributed by atoms with Gasteiger partial charge in [0.15, 0.2) is 0 Å². The number of hydrogen-bond donors (Lipinski definition) is 2. The molecule has 2 aromatic rings. The lowest BCUT2D eigenvalue weighted by molar-refractivity contribution is -0.113. The van der Waals surface area contributed by atoms with Crippen molar-refractivity contribution in [3.63, 3.8) is 0 Å². The van der Waals surface area contributed by atoms with Crippen molar-refractivity contribution in [2.75, 3.05) is 11.1 Å². The topological polar surface area (TPSA) is 55.1 Å². The number of hydrogen-bond acceptors (Lipinski definition) is 3. The highest BCUT2D eigenvalue weighted by Gasteiger charge is 2.04. The number of benzene rings is 2. The van der Waals surface area contributed by atoms with Crippen molar-refractivity contribution in [2.24, 2.45) is 5.73 Å². The Hall–Kier alpha value is -1.78. The molecule has 20 heavy (non-hydrogen) atoms. The van der Waals surface area contributed by atoms with Crippen LogP contribution in [0.2, 0.25) is 0 Å². The zero-order valence-corrected chi connectivity index (χ0v) is 12.2. The van der Waals surface area contributed by atoms with Gasteiger partial charge in [-0.25, -0.2) is 0 Å². The zero-order valence-electron chi connectivity index (χ0n) is 11.4. The van der Waals surface area contributed by atoms with E-state index in [-0.39, 0.29) is 5.91 Å². The zero-order chi connectivity index (χ0) is 14.4. The van der Waals surface area contributed by atoms with Crippen molar-refractivity contribution < 1.29 is 4.79 Å². The van der Waals surface area contributed by atoms with Crippen molar-refractivity contribution in [3.8, 4) is 0 Å². The second-order valence-electron chi connectivity index (χ2n) is 4.56. The number of carbonyl (C=O) groups excluding carboxylic acids is 1. The minimum absolute atomic E-state index is 0.00116. The standard InChI is InChI=1S/C16H18N2OS/c1-12-4-2-6-14(8-12)18-16(19)11-20-15-7-3-5-13(9-15)10-17/h2-9H,10-11,17H2,1H3,(H,18,19). The molecule has 0 heterocycles. The van der Waals surface area contributed by atoms with E-state index in [9.17, 15) is 4.79 Å². The first-order valence-electron chi connectivity index (χ1n) is 6.46. The van der Waals surface area contributed by atoms with Crippen LogP contribution in [-0.4, -0.2) is 11.7 Å². The molecule has 3 N–H and O–H groups in total. The summed E-state index contributed by atoms with van der Waals surface area (Å²) in [4.78, 5) is 13.0. The van der Waals surface area contributed by atoms with E-state index in [1.165, 1.54) is 11.8 Å². The van der Waals surface area contributed by atoms with Gasteiger partial charge in [-0.2, -0.15) is 0 Å². The first-order valence-corrected chi connectivity index (χ1v) is 7.44. The van der Waals surface area contributed by atoms with Gasteiger partial charge < -0.3 is 11.1 Å². The summed E-state index contributed by atoms with van der Waals surface area (Å²) >= 11 is 1.51. The monoisotopic (exact) mass is 286 g/mol. The van der Waals surface area contributed by atoms with Gasteiger partial charge in [0.25, 0.3) is 0 Å². The van der Waals surface area contributed by atoms with Crippen molar-refractivity contribution in [2.45, 2.75) is 18.4 Å². The maximum Gasteiger partial charge on any atom is 0.234 e. The van der Waals surface area contributed by atoms with Crippen LogP contribution in [0.5, 0.6) is 0 Å². The van der Waals surface area contributed by atoms with Gasteiger partial charge in [0, 0.05) is 17.1 Å². The lowest BCUT2D eigenvalue weighted by Crippen LogP contribution is -2.14. The van der Waals surface area contributed by atoms with Crippen molar-refractivity contribution in [1.82, 2.24) is 0 Å². The number of nitrogens with one attached hydrogen (secondary N) is 1. The second kappa shape index (κ2) is 7.12. The summed E-state index contributed by atoms with van der Waals surface area (Å²) < 4.78 is 0. The number of aryl methyl sites for hydroxylation is 1. The largest absolute Gasteiger partial charge is 0.326 e. The van der Waals surface area contributed by atoms with Gasteiger partial charge in [-0.15, -0.1) is 11.8 Å². The lowest BCUT2D eigenvalue weighted by Gasteiger charge is -2.06. The van der Waals surface area contributed by atoms with Crippen molar-refractivity contribution >= 4 is 23.4 Å². The molecular formula is C16H18N2OS. The summed E-state index contributed by atoms with van der Waals surface area (Å²) in [6.07, 6.45) is 0. The molecule has 0 fully saturated rings. The molecule has 0 aliphatic carbocycles. The molecule has 104 valence electrons. The van der Waals surface area contributed by atoms with Gasteiger partial charge in [0.2, 0.25) is 5.91 Å². The maximum absolute atomic E-state index is 11.9. The summed E-state index contributed by atoms with van der Waals surface area (Å²) in [6, 6.07) is 15.7. The Kier molecular flexibility index (Phi) is 5.21. The Balaban J connectivity index is 1.88. The molecule has 1 amide bonds. The Bertz CT molecular complexity index is 599. The van der Waals surface area contributed by atoms with Crippen LogP contribution < -0.4 is 11.1 Å². The van der Waals surface area contributed by atoms with Gasteiger partial charge in [-0.3, -0.25) is 4.79 Å². The quantitative estimate of drug-likeness (QED) is 0.830. The van der Waals surface area contributed by atoms with Crippen LogP contribution >= 0.6 is 11.8 Å². The SMILES string of the molecule is Cc1cccc(NC(=O)CSc2cccc(CN)c2)c1. The summed E-state index contributed by atoms with van der Waals surface area (Å²) in [5, 5.41) is 2.90. The molecule has 0 aliphatic rings. The average Bonchev–Trinajstić information content (AvgIpc) is 2.45. The number of amides is 1. The van der Waals surface area contributed by atoms with E-state index in [2.05, 4.69) is 5.32 Å². The van der Waals surface area contributed by atoms with E-state index in [1.807, 2.05) is 55.5 Å². The molecular weight excluding hydrogens is 268 g/mol. The van der Waals surface area contributed by atoms with E-state index >= 15 is 0 Å². The molecule has 0 radical (unpaired) electrons. The van der Waals surface area contributed by atoms with Crippen LogP contribution in [0.25, 0.3) is 0 Å². The molecule has 0 bridgehead atoms. The second-order valence-corrected chi connectivity index (χ2v) is 5.61. The number of carbonyl (C=O) groups is 1. The molecule has 4 heteroatoms. The van der Waals surface area contributed by atoms with Gasteiger partial charge in [-0.05, 0) is 42.3 Å². The van der Waals surface area contributed by atoms with Crippen molar-refractivity contribution in [3.05, 3.63) is 59.7 Å². The summed E-state index contributed by atoms with van der Waals surface area (Å²) in [5.74, 6) is 0.390. The fourth-order valence-corrected chi connectivity index (χ4v) is 2.61. The lowest BCUT2D eigenvalue weighted by atomic mass is 10.2. The van der Waals surface area contributed by atoms with Crippen LogP contribution in [0.3, 0.4) is 0 Å². The fourth-order valence-electron chi connectivity index (χ4n) is 1.83. The van der Waals surface area contributed by atoms with Crippen LogP contribution in [0.4, 0.5) is 5.69 Å².